The first-order valence-electron chi connectivity index (χ1n) is 12.3. The summed E-state index contributed by atoms with van der Waals surface area (Å²) < 4.78 is 26.4. The van der Waals surface area contributed by atoms with Crippen LogP contribution in [-0.2, 0) is 26.2 Å². The molecule has 2 aromatic carbocycles. The van der Waals surface area contributed by atoms with E-state index in [4.69, 9.17) is 0 Å². The highest BCUT2D eigenvalue weighted by atomic mass is 32.2. The van der Waals surface area contributed by atoms with Gasteiger partial charge in [0.1, 0.15) is 12.6 Å². The largest absolute Gasteiger partial charge is 0.352 e. The number of rotatable bonds is 11. The van der Waals surface area contributed by atoms with Crippen molar-refractivity contribution in [2.24, 2.45) is 0 Å². The number of ketones is 1. The van der Waals surface area contributed by atoms with Crippen LogP contribution >= 0.6 is 0 Å². The molecule has 1 aliphatic rings. The van der Waals surface area contributed by atoms with Crippen molar-refractivity contribution in [3.05, 3.63) is 65.7 Å². The van der Waals surface area contributed by atoms with E-state index < -0.39 is 28.5 Å². The molecule has 1 atom stereocenters. The molecule has 1 fully saturated rings. The molecule has 0 aromatic heterocycles. The maximum atomic E-state index is 13.7. The number of carbonyl (C=O) groups excluding carboxylic acids is 3. The molecule has 1 N–H and O–H groups in total. The number of nitrogens with zero attached hydrogens (tertiary/aromatic N) is 2. The number of hydrogen-bond donors (Lipinski definition) is 1. The van der Waals surface area contributed by atoms with Gasteiger partial charge >= 0.3 is 0 Å². The number of sulfonamides is 1. The Balaban J connectivity index is 1.92. The van der Waals surface area contributed by atoms with Crippen LogP contribution < -0.4 is 9.62 Å². The summed E-state index contributed by atoms with van der Waals surface area (Å²) in [7, 11) is -3.86. The second-order valence-corrected chi connectivity index (χ2v) is 11.2. The Hall–Kier alpha value is -3.20. The molecule has 0 radical (unpaired) electrons. The average Bonchev–Trinajstić information content (AvgIpc) is 3.35. The molecule has 0 saturated heterocycles. The third kappa shape index (κ3) is 7.16. The molecule has 0 heterocycles. The Labute approximate surface area is 213 Å². The molecule has 2 amide bonds. The zero-order valence-electron chi connectivity index (χ0n) is 21.1. The standard InChI is InChI=1S/C27H35N3O5S/c1-4-25(27(33)28-23-14-8-9-15-23)29(18-21-11-6-5-7-12-21)26(32)19-30(36(3,34)35)24-16-10-13-22(17-24)20(2)31/h5-7,10-13,16-17,23,25H,4,8-9,14-15,18-19H2,1-3H3,(H,28,33)/t25-/m1/s1. The quantitative estimate of drug-likeness (QED) is 0.463. The number of benzene rings is 2. The van der Waals surface area contributed by atoms with Crippen LogP contribution in [0, 0.1) is 0 Å². The van der Waals surface area contributed by atoms with Crippen LogP contribution in [-0.4, -0.2) is 55.8 Å². The normalized spacial score (nSPS) is 14.8. The summed E-state index contributed by atoms with van der Waals surface area (Å²) in [6.45, 7) is 2.92. The van der Waals surface area contributed by atoms with Crippen LogP contribution in [0.3, 0.4) is 0 Å². The first-order valence-corrected chi connectivity index (χ1v) is 14.2. The number of nitrogens with one attached hydrogen (secondary N) is 1. The summed E-state index contributed by atoms with van der Waals surface area (Å²) in [4.78, 5) is 40.3. The zero-order valence-corrected chi connectivity index (χ0v) is 22.0. The molecule has 2 aromatic rings. The van der Waals surface area contributed by atoms with Gasteiger partial charge in [0.15, 0.2) is 5.78 Å². The highest BCUT2D eigenvalue weighted by molar-refractivity contribution is 7.92. The van der Waals surface area contributed by atoms with Crippen molar-refractivity contribution in [3.8, 4) is 0 Å². The van der Waals surface area contributed by atoms with E-state index in [2.05, 4.69) is 5.32 Å². The van der Waals surface area contributed by atoms with Crippen molar-refractivity contribution in [2.45, 2.75) is 64.6 Å². The van der Waals surface area contributed by atoms with Crippen LogP contribution in [0.4, 0.5) is 5.69 Å². The SMILES string of the molecule is CC[C@H](C(=O)NC1CCCC1)N(Cc1ccccc1)C(=O)CN(c1cccc(C(C)=O)c1)S(C)(=O)=O. The molecule has 1 saturated carbocycles. The number of anilines is 1. The van der Waals surface area contributed by atoms with Gasteiger partial charge in [-0.25, -0.2) is 8.42 Å². The van der Waals surface area contributed by atoms with Crippen LogP contribution in [0.1, 0.15) is 61.9 Å². The average molecular weight is 514 g/mol. The third-order valence-electron chi connectivity index (χ3n) is 6.50. The van der Waals surface area contributed by atoms with Crippen LogP contribution in [0.2, 0.25) is 0 Å². The van der Waals surface area contributed by atoms with Gasteiger partial charge in [-0.1, -0.05) is 62.2 Å². The monoisotopic (exact) mass is 513 g/mol. The van der Waals surface area contributed by atoms with Crippen LogP contribution in [0.15, 0.2) is 54.6 Å². The van der Waals surface area contributed by atoms with Gasteiger partial charge in [0.05, 0.1) is 11.9 Å². The summed E-state index contributed by atoms with van der Waals surface area (Å²) >= 11 is 0. The van der Waals surface area contributed by atoms with Crippen LogP contribution in [0.25, 0.3) is 0 Å². The number of Topliss-reactive ketones (excluding diaryl/α,β-unsaturated/α-hetero) is 1. The van der Waals surface area contributed by atoms with Crippen molar-refractivity contribution in [3.63, 3.8) is 0 Å². The van der Waals surface area contributed by atoms with E-state index in [-0.39, 0.29) is 30.0 Å². The van der Waals surface area contributed by atoms with Gasteiger partial charge in [0.2, 0.25) is 21.8 Å². The lowest BCUT2D eigenvalue weighted by Gasteiger charge is -2.33. The lowest BCUT2D eigenvalue weighted by molar-refractivity contribution is -0.140. The molecule has 36 heavy (non-hydrogen) atoms. The Morgan fingerprint density at radius 2 is 1.69 bits per heavy atom. The smallest absolute Gasteiger partial charge is 0.244 e. The topological polar surface area (TPSA) is 104 Å². The molecule has 0 unspecified atom stereocenters. The first-order chi connectivity index (χ1) is 17.1. The fourth-order valence-electron chi connectivity index (χ4n) is 4.56. The third-order valence-corrected chi connectivity index (χ3v) is 7.64. The maximum absolute atomic E-state index is 13.7. The molecule has 9 heteroatoms. The highest BCUT2D eigenvalue weighted by Crippen LogP contribution is 2.22. The highest BCUT2D eigenvalue weighted by Gasteiger charge is 2.33. The number of amides is 2. The number of carbonyl (C=O) groups is 3. The van der Waals surface area contributed by atoms with E-state index in [0.29, 0.717) is 12.0 Å². The molecule has 194 valence electrons. The fraction of sp³-hybridized carbons (Fsp3) is 0.444. The van der Waals surface area contributed by atoms with E-state index >= 15 is 0 Å². The maximum Gasteiger partial charge on any atom is 0.244 e. The summed E-state index contributed by atoms with van der Waals surface area (Å²) in [6, 6.07) is 14.9. The molecule has 0 aliphatic heterocycles. The Morgan fingerprint density at radius 3 is 2.28 bits per heavy atom. The zero-order chi connectivity index (χ0) is 26.3. The fourth-order valence-corrected chi connectivity index (χ4v) is 5.40. The van der Waals surface area contributed by atoms with Gasteiger partial charge in [0, 0.05) is 18.2 Å². The van der Waals surface area contributed by atoms with Gasteiger partial charge in [-0.05, 0) is 43.9 Å². The molecular formula is C27H35N3O5S. The van der Waals surface area contributed by atoms with Crippen molar-refractivity contribution >= 4 is 33.3 Å². The minimum absolute atomic E-state index is 0.0991. The Morgan fingerprint density at radius 1 is 1.03 bits per heavy atom. The molecular weight excluding hydrogens is 478 g/mol. The van der Waals surface area contributed by atoms with Gasteiger partial charge in [0.25, 0.3) is 0 Å². The van der Waals surface area contributed by atoms with Crippen molar-refractivity contribution in [1.29, 1.82) is 0 Å². The van der Waals surface area contributed by atoms with E-state index in [1.54, 1.807) is 18.2 Å². The first kappa shape index (κ1) is 27.4. The van der Waals surface area contributed by atoms with Gasteiger partial charge < -0.3 is 10.2 Å². The minimum Gasteiger partial charge on any atom is -0.352 e. The predicted octanol–water partition coefficient (Wildman–Crippen LogP) is 3.52. The van der Waals surface area contributed by atoms with E-state index in [9.17, 15) is 22.8 Å². The van der Waals surface area contributed by atoms with E-state index in [1.807, 2.05) is 37.3 Å². The van der Waals surface area contributed by atoms with Gasteiger partial charge in [-0.2, -0.15) is 0 Å². The van der Waals surface area contributed by atoms with Gasteiger partial charge in [-0.3, -0.25) is 18.7 Å². The summed E-state index contributed by atoms with van der Waals surface area (Å²) in [5.41, 5.74) is 1.40. The predicted molar refractivity (Wildman–Crippen MR) is 140 cm³/mol. The summed E-state index contributed by atoms with van der Waals surface area (Å²) in [5, 5.41) is 3.08. The number of hydrogen-bond acceptors (Lipinski definition) is 5. The molecule has 3 rings (SSSR count). The van der Waals surface area contributed by atoms with Crippen molar-refractivity contribution < 1.29 is 22.8 Å². The van der Waals surface area contributed by atoms with Crippen LogP contribution in [0.5, 0.6) is 0 Å². The van der Waals surface area contributed by atoms with Crippen molar-refractivity contribution in [2.75, 3.05) is 17.1 Å². The second kappa shape index (κ2) is 12.2. The molecule has 1 aliphatic carbocycles. The van der Waals surface area contributed by atoms with E-state index in [0.717, 1.165) is 41.8 Å². The summed E-state index contributed by atoms with van der Waals surface area (Å²) in [6.07, 6.45) is 5.38. The summed E-state index contributed by atoms with van der Waals surface area (Å²) in [5.74, 6) is -0.930. The molecule has 8 nitrogen and oxygen atoms in total. The molecule has 0 spiro atoms. The minimum atomic E-state index is -3.86. The molecule has 0 bridgehead atoms. The van der Waals surface area contributed by atoms with E-state index in [1.165, 1.54) is 17.9 Å². The second-order valence-electron chi connectivity index (χ2n) is 9.30. The lowest BCUT2D eigenvalue weighted by atomic mass is 10.1. The van der Waals surface area contributed by atoms with Gasteiger partial charge in [-0.15, -0.1) is 0 Å². The Kier molecular flexibility index (Phi) is 9.25. The Bertz CT molecular complexity index is 1180. The lowest BCUT2D eigenvalue weighted by Crippen LogP contribution is -2.53. The van der Waals surface area contributed by atoms with Crippen molar-refractivity contribution in [1.82, 2.24) is 10.2 Å².